The number of hydrogen-bond acceptors (Lipinski definition) is 4. The minimum Gasteiger partial charge on any atom is -0.323 e. The van der Waals surface area contributed by atoms with Crippen molar-refractivity contribution in [2.75, 3.05) is 0 Å². The van der Waals surface area contributed by atoms with Crippen molar-refractivity contribution in [3.05, 3.63) is 31.6 Å². The Bertz CT molecular complexity index is 572. The Hall–Kier alpha value is -0.720. The maximum absolute atomic E-state index is 12.0. The smallest absolute Gasteiger partial charge is 0.273 e. The number of nitrogens with zero attached hydrogens (tertiary/aromatic N) is 2. The molecule has 0 saturated carbocycles. The van der Waals surface area contributed by atoms with Crippen molar-refractivity contribution in [3.63, 3.8) is 0 Å². The van der Waals surface area contributed by atoms with Gasteiger partial charge in [-0.15, -0.1) is 11.3 Å². The topological polar surface area (TPSA) is 60.4 Å². The van der Waals surface area contributed by atoms with Gasteiger partial charge >= 0.3 is 0 Å². The van der Waals surface area contributed by atoms with Crippen LogP contribution in [0.25, 0.3) is 4.96 Å². The van der Waals surface area contributed by atoms with Gasteiger partial charge in [0.15, 0.2) is 4.96 Å². The molecule has 6 heteroatoms. The molecule has 0 aliphatic rings. The number of thiazole rings is 1. The summed E-state index contributed by atoms with van der Waals surface area (Å²) in [6.07, 6.45) is 0. The Morgan fingerprint density at radius 3 is 2.93 bits per heavy atom. The van der Waals surface area contributed by atoms with Gasteiger partial charge in [0.25, 0.3) is 5.56 Å². The van der Waals surface area contributed by atoms with Crippen molar-refractivity contribution >= 4 is 32.2 Å². The fraction of sp³-hybridized carbons (Fsp3) is 0.333. The highest BCUT2D eigenvalue weighted by atomic mass is 79.9. The van der Waals surface area contributed by atoms with E-state index in [4.69, 9.17) is 5.73 Å². The Kier molecular flexibility index (Phi) is 2.66. The molecule has 0 unspecified atom stereocenters. The van der Waals surface area contributed by atoms with Crippen LogP contribution >= 0.6 is 27.3 Å². The number of halogens is 1. The molecule has 2 heterocycles. The number of fused-ring (bicyclic) bond motifs is 1. The molecule has 2 aromatic heterocycles. The molecule has 4 nitrogen and oxygen atoms in total. The summed E-state index contributed by atoms with van der Waals surface area (Å²) in [4.78, 5) is 17.0. The van der Waals surface area contributed by atoms with Crippen LogP contribution in [-0.4, -0.2) is 9.38 Å². The van der Waals surface area contributed by atoms with E-state index in [2.05, 4.69) is 20.9 Å². The fourth-order valence-corrected chi connectivity index (χ4v) is 2.87. The summed E-state index contributed by atoms with van der Waals surface area (Å²) in [6, 6.07) is -0.250. The summed E-state index contributed by atoms with van der Waals surface area (Å²) in [5.41, 5.74) is 7.16. The third kappa shape index (κ3) is 1.62. The lowest BCUT2D eigenvalue weighted by Crippen LogP contribution is -2.21. The average molecular weight is 288 g/mol. The lowest BCUT2D eigenvalue weighted by Gasteiger charge is -2.07. The van der Waals surface area contributed by atoms with Crippen LogP contribution in [0.3, 0.4) is 0 Å². The molecule has 1 atom stereocenters. The first kappa shape index (κ1) is 10.8. The van der Waals surface area contributed by atoms with Gasteiger partial charge in [0.05, 0.1) is 5.69 Å². The highest BCUT2D eigenvalue weighted by Gasteiger charge is 2.15. The number of aryl methyl sites for hydroxylation is 1. The van der Waals surface area contributed by atoms with Gasteiger partial charge in [0.1, 0.15) is 4.47 Å². The van der Waals surface area contributed by atoms with Gasteiger partial charge in [0, 0.05) is 17.1 Å². The van der Waals surface area contributed by atoms with Crippen molar-refractivity contribution in [3.8, 4) is 0 Å². The molecular weight excluding hydrogens is 278 g/mol. The first-order valence-corrected chi connectivity index (χ1v) is 6.11. The Morgan fingerprint density at radius 2 is 2.33 bits per heavy atom. The zero-order valence-electron chi connectivity index (χ0n) is 8.32. The summed E-state index contributed by atoms with van der Waals surface area (Å²) in [5, 5.41) is 1.90. The van der Waals surface area contributed by atoms with Gasteiger partial charge in [-0.05, 0) is 29.8 Å². The molecule has 0 aliphatic carbocycles. The second-order valence-corrected chi connectivity index (χ2v) is 5.03. The van der Waals surface area contributed by atoms with Crippen LogP contribution in [0, 0.1) is 6.92 Å². The quantitative estimate of drug-likeness (QED) is 0.871. The van der Waals surface area contributed by atoms with Gasteiger partial charge in [-0.25, -0.2) is 4.98 Å². The highest BCUT2D eigenvalue weighted by Crippen LogP contribution is 2.20. The van der Waals surface area contributed by atoms with E-state index in [1.807, 2.05) is 19.2 Å². The number of hydrogen-bond donors (Lipinski definition) is 1. The highest BCUT2D eigenvalue weighted by molar-refractivity contribution is 9.10. The zero-order valence-corrected chi connectivity index (χ0v) is 10.7. The SMILES string of the molecule is Cc1csc2nc([C@H](C)N)c(Br)c(=O)n12. The van der Waals surface area contributed by atoms with E-state index in [1.165, 1.54) is 11.3 Å². The second kappa shape index (κ2) is 3.70. The summed E-state index contributed by atoms with van der Waals surface area (Å²) in [5.74, 6) is 0. The van der Waals surface area contributed by atoms with Crippen LogP contribution in [0.15, 0.2) is 14.6 Å². The number of rotatable bonds is 1. The predicted octanol–water partition coefficient (Wildman–Crippen LogP) is 1.85. The molecule has 80 valence electrons. The molecule has 0 saturated heterocycles. The first-order valence-electron chi connectivity index (χ1n) is 4.44. The van der Waals surface area contributed by atoms with E-state index in [0.29, 0.717) is 15.1 Å². The molecule has 0 radical (unpaired) electrons. The second-order valence-electron chi connectivity index (χ2n) is 3.40. The number of aromatic nitrogens is 2. The minimum atomic E-state index is -0.250. The van der Waals surface area contributed by atoms with Crippen LogP contribution in [0.1, 0.15) is 24.4 Å². The van der Waals surface area contributed by atoms with Crippen LogP contribution in [0.5, 0.6) is 0 Å². The third-order valence-corrected chi connectivity index (χ3v) is 3.83. The van der Waals surface area contributed by atoms with Gasteiger partial charge in [-0.1, -0.05) is 0 Å². The first-order chi connectivity index (χ1) is 7.02. The van der Waals surface area contributed by atoms with Gasteiger partial charge in [-0.3, -0.25) is 9.20 Å². The molecule has 0 aliphatic heterocycles. The van der Waals surface area contributed by atoms with Crippen LogP contribution in [0.4, 0.5) is 0 Å². The predicted molar refractivity (Wildman–Crippen MR) is 64.4 cm³/mol. The maximum atomic E-state index is 12.0. The third-order valence-electron chi connectivity index (χ3n) is 2.14. The molecule has 0 aromatic carbocycles. The average Bonchev–Trinajstić information content (AvgIpc) is 2.53. The fourth-order valence-electron chi connectivity index (χ4n) is 1.38. The molecular formula is C9H10BrN3OS. The Labute approximate surface area is 98.9 Å². The zero-order chi connectivity index (χ0) is 11.2. The van der Waals surface area contributed by atoms with Crippen molar-refractivity contribution in [2.45, 2.75) is 19.9 Å². The molecule has 2 rings (SSSR count). The Balaban J connectivity index is 2.91. The van der Waals surface area contributed by atoms with Crippen molar-refractivity contribution in [1.82, 2.24) is 9.38 Å². The van der Waals surface area contributed by atoms with E-state index in [1.54, 1.807) is 4.40 Å². The largest absolute Gasteiger partial charge is 0.323 e. The molecule has 2 aromatic rings. The molecule has 0 amide bonds. The van der Waals surface area contributed by atoms with Crippen LogP contribution < -0.4 is 11.3 Å². The van der Waals surface area contributed by atoms with E-state index in [0.717, 1.165) is 5.69 Å². The van der Waals surface area contributed by atoms with Crippen molar-refractivity contribution in [1.29, 1.82) is 0 Å². The normalized spacial score (nSPS) is 13.3. The lowest BCUT2D eigenvalue weighted by molar-refractivity contribution is 0.767. The van der Waals surface area contributed by atoms with Gasteiger partial charge < -0.3 is 5.73 Å². The molecule has 0 fully saturated rings. The summed E-state index contributed by atoms with van der Waals surface area (Å²) in [6.45, 7) is 3.69. The van der Waals surface area contributed by atoms with Gasteiger partial charge in [0.2, 0.25) is 0 Å². The standard InChI is InChI=1S/C9H10BrN3OS/c1-4-3-15-9-12-7(5(2)11)6(10)8(14)13(4)9/h3,5H,11H2,1-2H3/t5-/m0/s1. The minimum absolute atomic E-state index is 0.0916. The van der Waals surface area contributed by atoms with Gasteiger partial charge in [-0.2, -0.15) is 0 Å². The summed E-state index contributed by atoms with van der Waals surface area (Å²) >= 11 is 4.69. The Morgan fingerprint density at radius 1 is 1.67 bits per heavy atom. The van der Waals surface area contributed by atoms with E-state index >= 15 is 0 Å². The molecule has 2 N–H and O–H groups in total. The van der Waals surface area contributed by atoms with E-state index < -0.39 is 0 Å². The molecule has 0 spiro atoms. The monoisotopic (exact) mass is 287 g/mol. The summed E-state index contributed by atoms with van der Waals surface area (Å²) in [7, 11) is 0. The van der Waals surface area contributed by atoms with Crippen molar-refractivity contribution in [2.24, 2.45) is 5.73 Å². The van der Waals surface area contributed by atoms with E-state index in [-0.39, 0.29) is 11.6 Å². The molecule has 0 bridgehead atoms. The van der Waals surface area contributed by atoms with E-state index in [9.17, 15) is 4.79 Å². The summed E-state index contributed by atoms with van der Waals surface area (Å²) < 4.78 is 2.04. The van der Waals surface area contributed by atoms with Crippen LogP contribution in [-0.2, 0) is 0 Å². The lowest BCUT2D eigenvalue weighted by atomic mass is 10.2. The van der Waals surface area contributed by atoms with Crippen molar-refractivity contribution < 1.29 is 0 Å². The van der Waals surface area contributed by atoms with Crippen LogP contribution in [0.2, 0.25) is 0 Å². The maximum Gasteiger partial charge on any atom is 0.273 e. The number of nitrogens with two attached hydrogens (primary N) is 1. The molecule has 15 heavy (non-hydrogen) atoms.